The number of carbonyl (C=O) groups excluding carboxylic acids is 2. The topological polar surface area (TPSA) is 87.3 Å². The van der Waals surface area contributed by atoms with E-state index < -0.39 is 0 Å². The Morgan fingerprint density at radius 1 is 1.27 bits per heavy atom. The van der Waals surface area contributed by atoms with Crippen LogP contribution in [0, 0.1) is 6.92 Å². The Morgan fingerprint density at radius 2 is 2.10 bits per heavy atom. The van der Waals surface area contributed by atoms with Gasteiger partial charge < -0.3 is 19.9 Å². The lowest BCUT2D eigenvalue weighted by atomic mass is 9.97. The highest BCUT2D eigenvalue weighted by Crippen LogP contribution is 2.23. The van der Waals surface area contributed by atoms with E-state index in [1.165, 1.54) is 10.9 Å². The van der Waals surface area contributed by atoms with Crippen molar-refractivity contribution in [2.24, 2.45) is 0 Å². The number of aromatic nitrogens is 2. The SMILES string of the molecule is CCOC(=O)N1CCc2c(cncc2C(=O)NCCc2c(C)[nH]c3ccccc23)C1. The average Bonchev–Trinajstić information content (AvgIpc) is 3.08. The summed E-state index contributed by atoms with van der Waals surface area (Å²) in [6, 6.07) is 8.20. The Balaban J connectivity index is 1.43. The number of H-pyrrole nitrogens is 1. The van der Waals surface area contributed by atoms with Crippen molar-refractivity contribution >= 4 is 22.9 Å². The largest absolute Gasteiger partial charge is 0.450 e. The minimum Gasteiger partial charge on any atom is -0.450 e. The van der Waals surface area contributed by atoms with E-state index in [1.54, 1.807) is 24.2 Å². The van der Waals surface area contributed by atoms with Gasteiger partial charge in [0.2, 0.25) is 0 Å². The molecule has 2 amide bonds. The summed E-state index contributed by atoms with van der Waals surface area (Å²) in [6.45, 7) is 5.68. The van der Waals surface area contributed by atoms with Gasteiger partial charge in [-0.15, -0.1) is 0 Å². The Bertz CT molecular complexity index is 1090. The molecule has 156 valence electrons. The second kappa shape index (κ2) is 8.57. The highest BCUT2D eigenvalue weighted by Gasteiger charge is 2.25. The van der Waals surface area contributed by atoms with Gasteiger partial charge in [0.1, 0.15) is 0 Å². The molecule has 30 heavy (non-hydrogen) atoms. The maximum absolute atomic E-state index is 12.8. The molecule has 3 heterocycles. The van der Waals surface area contributed by atoms with Crippen LogP contribution in [0.15, 0.2) is 36.7 Å². The fourth-order valence-corrected chi connectivity index (χ4v) is 4.11. The first kappa shape index (κ1) is 19.9. The van der Waals surface area contributed by atoms with Gasteiger partial charge in [-0.3, -0.25) is 9.78 Å². The summed E-state index contributed by atoms with van der Waals surface area (Å²) >= 11 is 0. The van der Waals surface area contributed by atoms with Gasteiger partial charge >= 0.3 is 6.09 Å². The summed E-state index contributed by atoms with van der Waals surface area (Å²) in [5, 5.41) is 4.23. The molecule has 7 nitrogen and oxygen atoms in total. The predicted molar refractivity (Wildman–Crippen MR) is 114 cm³/mol. The van der Waals surface area contributed by atoms with Crippen LogP contribution >= 0.6 is 0 Å². The number of nitrogens with zero attached hydrogens (tertiary/aromatic N) is 2. The zero-order valence-corrected chi connectivity index (χ0v) is 17.3. The zero-order valence-electron chi connectivity index (χ0n) is 17.3. The number of para-hydroxylation sites is 1. The lowest BCUT2D eigenvalue weighted by molar-refractivity contribution is 0.0950. The van der Waals surface area contributed by atoms with Crippen molar-refractivity contribution < 1.29 is 14.3 Å². The number of fused-ring (bicyclic) bond motifs is 2. The van der Waals surface area contributed by atoms with Gasteiger partial charge in [0.15, 0.2) is 0 Å². The van der Waals surface area contributed by atoms with Gasteiger partial charge in [-0.2, -0.15) is 0 Å². The first-order valence-electron chi connectivity index (χ1n) is 10.3. The third-order valence-corrected chi connectivity index (χ3v) is 5.60. The van der Waals surface area contributed by atoms with Crippen LogP contribution in [0.2, 0.25) is 0 Å². The number of rotatable bonds is 5. The van der Waals surface area contributed by atoms with Crippen molar-refractivity contribution in [2.75, 3.05) is 19.7 Å². The van der Waals surface area contributed by atoms with Crippen molar-refractivity contribution in [2.45, 2.75) is 33.2 Å². The van der Waals surface area contributed by atoms with E-state index in [-0.39, 0.29) is 12.0 Å². The number of nitrogens with one attached hydrogen (secondary N) is 2. The number of ether oxygens (including phenoxy) is 1. The molecule has 7 heteroatoms. The number of aromatic amines is 1. The highest BCUT2D eigenvalue weighted by molar-refractivity contribution is 5.96. The molecule has 3 aromatic rings. The Morgan fingerprint density at radius 3 is 2.93 bits per heavy atom. The number of hydrogen-bond acceptors (Lipinski definition) is 4. The van der Waals surface area contributed by atoms with Crippen molar-refractivity contribution in [1.29, 1.82) is 0 Å². The van der Waals surface area contributed by atoms with Crippen molar-refractivity contribution in [3.63, 3.8) is 0 Å². The minimum atomic E-state index is -0.327. The van der Waals surface area contributed by atoms with Gasteiger partial charge in [-0.05, 0) is 49.4 Å². The number of hydrogen-bond donors (Lipinski definition) is 2. The van der Waals surface area contributed by atoms with Crippen LogP contribution in [-0.2, 0) is 24.1 Å². The van der Waals surface area contributed by atoms with Gasteiger partial charge in [0, 0.05) is 42.1 Å². The summed E-state index contributed by atoms with van der Waals surface area (Å²) in [6.07, 6.45) is 4.38. The van der Waals surface area contributed by atoms with Crippen LogP contribution in [0.4, 0.5) is 4.79 Å². The first-order valence-corrected chi connectivity index (χ1v) is 10.3. The molecule has 0 fully saturated rings. The quantitative estimate of drug-likeness (QED) is 0.680. The third-order valence-electron chi connectivity index (χ3n) is 5.60. The number of aryl methyl sites for hydroxylation is 1. The molecule has 0 atom stereocenters. The van der Waals surface area contributed by atoms with Crippen LogP contribution in [0.5, 0.6) is 0 Å². The van der Waals surface area contributed by atoms with E-state index in [0.29, 0.717) is 38.2 Å². The summed E-state index contributed by atoms with van der Waals surface area (Å²) in [4.78, 5) is 34.1. The predicted octanol–water partition coefficient (Wildman–Crippen LogP) is 3.36. The molecule has 2 aromatic heterocycles. The fourth-order valence-electron chi connectivity index (χ4n) is 4.11. The molecule has 4 rings (SSSR count). The highest BCUT2D eigenvalue weighted by atomic mass is 16.6. The molecule has 1 aromatic carbocycles. The van der Waals surface area contributed by atoms with Gasteiger partial charge in [-0.25, -0.2) is 4.79 Å². The van der Waals surface area contributed by atoms with E-state index in [9.17, 15) is 9.59 Å². The molecule has 0 unspecified atom stereocenters. The molecular weight excluding hydrogens is 380 g/mol. The van der Waals surface area contributed by atoms with E-state index in [2.05, 4.69) is 34.3 Å². The van der Waals surface area contributed by atoms with E-state index in [0.717, 1.165) is 28.8 Å². The molecule has 0 saturated heterocycles. The molecule has 0 radical (unpaired) electrons. The smallest absolute Gasteiger partial charge is 0.410 e. The van der Waals surface area contributed by atoms with Gasteiger partial charge in [-0.1, -0.05) is 18.2 Å². The molecule has 0 saturated carbocycles. The molecule has 0 spiro atoms. The van der Waals surface area contributed by atoms with E-state index >= 15 is 0 Å². The lowest BCUT2D eigenvalue weighted by Crippen LogP contribution is -2.37. The monoisotopic (exact) mass is 406 g/mol. The Kier molecular flexibility index (Phi) is 5.70. The summed E-state index contributed by atoms with van der Waals surface area (Å²) in [5.41, 5.74) is 5.92. The lowest BCUT2D eigenvalue weighted by Gasteiger charge is -2.28. The standard InChI is InChI=1S/C23H26N4O3/c1-3-30-23(29)27-11-9-18-16(14-27)12-24-13-20(18)22(28)25-10-8-17-15(2)26-21-7-5-4-6-19(17)21/h4-7,12-13,26H,3,8-11,14H2,1-2H3,(H,25,28). The second-order valence-electron chi connectivity index (χ2n) is 7.48. The first-order chi connectivity index (χ1) is 14.6. The molecule has 0 bridgehead atoms. The molecule has 1 aliphatic rings. The summed E-state index contributed by atoms with van der Waals surface area (Å²) in [5.74, 6) is -0.124. The summed E-state index contributed by atoms with van der Waals surface area (Å²) < 4.78 is 5.09. The van der Waals surface area contributed by atoms with Gasteiger partial charge in [0.05, 0.1) is 18.7 Å². The molecule has 1 aliphatic heterocycles. The zero-order chi connectivity index (χ0) is 21.1. The third kappa shape index (κ3) is 3.87. The van der Waals surface area contributed by atoms with Crippen molar-refractivity contribution in [1.82, 2.24) is 20.2 Å². The normalized spacial score (nSPS) is 13.2. The Hall–Kier alpha value is -3.35. The van der Waals surface area contributed by atoms with Crippen LogP contribution < -0.4 is 5.32 Å². The average molecular weight is 406 g/mol. The number of benzene rings is 1. The van der Waals surface area contributed by atoms with E-state index in [4.69, 9.17) is 4.74 Å². The van der Waals surface area contributed by atoms with E-state index in [1.807, 2.05) is 12.1 Å². The Labute approximate surface area is 175 Å². The molecule has 0 aliphatic carbocycles. The molecular formula is C23H26N4O3. The van der Waals surface area contributed by atoms with Crippen LogP contribution in [0.3, 0.4) is 0 Å². The number of pyridine rings is 1. The number of amides is 2. The molecule has 2 N–H and O–H groups in total. The fraction of sp³-hybridized carbons (Fsp3) is 0.348. The summed E-state index contributed by atoms with van der Waals surface area (Å²) in [7, 11) is 0. The van der Waals surface area contributed by atoms with Crippen molar-refractivity contribution in [3.8, 4) is 0 Å². The maximum Gasteiger partial charge on any atom is 0.410 e. The van der Waals surface area contributed by atoms with Crippen molar-refractivity contribution in [3.05, 3.63) is 64.6 Å². The van der Waals surface area contributed by atoms with Crippen LogP contribution in [0.1, 0.15) is 39.7 Å². The van der Waals surface area contributed by atoms with Crippen LogP contribution in [0.25, 0.3) is 10.9 Å². The maximum atomic E-state index is 12.8. The number of carbonyl (C=O) groups is 2. The van der Waals surface area contributed by atoms with Crippen LogP contribution in [-0.4, -0.2) is 46.6 Å². The van der Waals surface area contributed by atoms with Gasteiger partial charge in [0.25, 0.3) is 5.91 Å². The minimum absolute atomic E-state index is 0.124. The second-order valence-corrected chi connectivity index (χ2v) is 7.48.